The summed E-state index contributed by atoms with van der Waals surface area (Å²) >= 11 is 0. The molecule has 1 saturated carbocycles. The van der Waals surface area contributed by atoms with Crippen molar-refractivity contribution in [3.05, 3.63) is 29.8 Å². The summed E-state index contributed by atoms with van der Waals surface area (Å²) < 4.78 is 10.6. The Hall–Kier alpha value is -1.10. The number of hydrogen-bond donors (Lipinski definition) is 2. The average Bonchev–Trinajstić information content (AvgIpc) is 3.26. The highest BCUT2D eigenvalue weighted by Crippen LogP contribution is 2.28. The molecule has 0 spiro atoms. The quantitative estimate of drug-likeness (QED) is 0.668. The van der Waals surface area contributed by atoms with Gasteiger partial charge in [0.25, 0.3) is 0 Å². The molecule has 1 unspecified atom stereocenters. The molecular weight excluding hydrogens is 242 g/mol. The number of methoxy groups -OCH3 is 1. The predicted octanol–water partition coefficient (Wildman–Crippen LogP) is 1.74. The van der Waals surface area contributed by atoms with E-state index < -0.39 is 6.10 Å². The summed E-state index contributed by atoms with van der Waals surface area (Å²) in [5.41, 5.74) is 0.896. The summed E-state index contributed by atoms with van der Waals surface area (Å²) in [6, 6.07) is 7.48. The SMILES string of the molecule is COc1ccc(C(O)CNCCOCC2CC2)cc1. The van der Waals surface area contributed by atoms with E-state index in [1.807, 2.05) is 24.3 Å². The zero-order valence-corrected chi connectivity index (χ0v) is 11.5. The van der Waals surface area contributed by atoms with Gasteiger partial charge in [0.05, 0.1) is 19.8 Å². The van der Waals surface area contributed by atoms with Crippen molar-refractivity contribution in [3.8, 4) is 5.75 Å². The first-order valence-electron chi connectivity index (χ1n) is 6.90. The van der Waals surface area contributed by atoms with E-state index in [0.717, 1.165) is 30.4 Å². The molecule has 1 aromatic rings. The molecule has 4 nitrogen and oxygen atoms in total. The fraction of sp³-hybridized carbons (Fsp3) is 0.600. The highest BCUT2D eigenvalue weighted by atomic mass is 16.5. The molecule has 1 aromatic carbocycles. The van der Waals surface area contributed by atoms with E-state index in [2.05, 4.69) is 5.32 Å². The maximum Gasteiger partial charge on any atom is 0.118 e. The third-order valence-corrected chi connectivity index (χ3v) is 3.31. The van der Waals surface area contributed by atoms with Gasteiger partial charge in [0.2, 0.25) is 0 Å². The Balaban J connectivity index is 1.58. The Morgan fingerprint density at radius 2 is 2.05 bits per heavy atom. The molecule has 0 saturated heterocycles. The van der Waals surface area contributed by atoms with Gasteiger partial charge in [-0.25, -0.2) is 0 Å². The number of aliphatic hydroxyl groups excluding tert-OH is 1. The van der Waals surface area contributed by atoms with Crippen molar-refractivity contribution in [2.45, 2.75) is 18.9 Å². The van der Waals surface area contributed by atoms with Crippen LogP contribution in [0.5, 0.6) is 5.75 Å². The highest BCUT2D eigenvalue weighted by Gasteiger charge is 2.20. The van der Waals surface area contributed by atoms with Crippen molar-refractivity contribution >= 4 is 0 Å². The van der Waals surface area contributed by atoms with Crippen LogP contribution < -0.4 is 10.1 Å². The molecule has 0 amide bonds. The van der Waals surface area contributed by atoms with Crippen molar-refractivity contribution in [2.75, 3.05) is 33.4 Å². The minimum absolute atomic E-state index is 0.491. The molecule has 1 fully saturated rings. The standard InChI is InChI=1S/C15H23NO3/c1-18-14-6-4-13(5-7-14)15(17)10-16-8-9-19-11-12-2-3-12/h4-7,12,15-17H,2-3,8-11H2,1H3. The molecule has 1 aliphatic rings. The van der Waals surface area contributed by atoms with Crippen LogP contribution in [0.3, 0.4) is 0 Å². The van der Waals surface area contributed by atoms with Crippen molar-refractivity contribution in [1.29, 1.82) is 0 Å². The zero-order chi connectivity index (χ0) is 13.5. The van der Waals surface area contributed by atoms with E-state index in [1.54, 1.807) is 7.11 Å². The first-order valence-corrected chi connectivity index (χ1v) is 6.90. The second-order valence-electron chi connectivity index (χ2n) is 5.01. The van der Waals surface area contributed by atoms with Gasteiger partial charge in [-0.1, -0.05) is 12.1 Å². The largest absolute Gasteiger partial charge is 0.497 e. The lowest BCUT2D eigenvalue weighted by molar-refractivity contribution is 0.119. The summed E-state index contributed by atoms with van der Waals surface area (Å²) in [6.45, 7) is 2.92. The Morgan fingerprint density at radius 1 is 1.32 bits per heavy atom. The van der Waals surface area contributed by atoms with Gasteiger partial charge >= 0.3 is 0 Å². The molecule has 0 aromatic heterocycles. The lowest BCUT2D eigenvalue weighted by Crippen LogP contribution is -2.25. The van der Waals surface area contributed by atoms with Crippen molar-refractivity contribution in [2.24, 2.45) is 5.92 Å². The molecule has 2 N–H and O–H groups in total. The highest BCUT2D eigenvalue weighted by molar-refractivity contribution is 5.28. The lowest BCUT2D eigenvalue weighted by Gasteiger charge is -2.12. The van der Waals surface area contributed by atoms with Crippen LogP contribution in [0.25, 0.3) is 0 Å². The number of aliphatic hydroxyl groups is 1. The summed E-state index contributed by atoms with van der Waals surface area (Å²) in [5, 5.41) is 13.2. The minimum Gasteiger partial charge on any atom is -0.497 e. The molecule has 4 heteroatoms. The van der Waals surface area contributed by atoms with E-state index in [4.69, 9.17) is 9.47 Å². The van der Waals surface area contributed by atoms with Crippen LogP contribution in [-0.4, -0.2) is 38.5 Å². The maximum absolute atomic E-state index is 9.99. The number of hydrogen-bond acceptors (Lipinski definition) is 4. The van der Waals surface area contributed by atoms with Gasteiger partial charge in [0.1, 0.15) is 5.75 Å². The summed E-state index contributed by atoms with van der Waals surface area (Å²) in [4.78, 5) is 0. The Bertz CT molecular complexity index is 362. The van der Waals surface area contributed by atoms with Crippen LogP contribution in [0, 0.1) is 5.92 Å². The second kappa shape index (κ2) is 7.48. The molecule has 0 heterocycles. The number of benzene rings is 1. The second-order valence-corrected chi connectivity index (χ2v) is 5.01. The van der Waals surface area contributed by atoms with Crippen LogP contribution in [0.2, 0.25) is 0 Å². The molecule has 0 radical (unpaired) electrons. The summed E-state index contributed by atoms with van der Waals surface area (Å²) in [6.07, 6.45) is 2.15. The average molecular weight is 265 g/mol. The Kier molecular flexibility index (Phi) is 5.63. The third kappa shape index (κ3) is 5.19. The third-order valence-electron chi connectivity index (χ3n) is 3.31. The zero-order valence-electron chi connectivity index (χ0n) is 11.5. The van der Waals surface area contributed by atoms with E-state index in [9.17, 15) is 5.11 Å². The molecule has 19 heavy (non-hydrogen) atoms. The minimum atomic E-state index is -0.491. The number of ether oxygens (including phenoxy) is 2. The molecular formula is C15H23NO3. The van der Waals surface area contributed by atoms with Gasteiger partial charge in [0, 0.05) is 19.7 Å². The molecule has 0 bridgehead atoms. The van der Waals surface area contributed by atoms with Crippen molar-refractivity contribution in [1.82, 2.24) is 5.32 Å². The topological polar surface area (TPSA) is 50.7 Å². The van der Waals surface area contributed by atoms with Gasteiger partial charge in [-0.3, -0.25) is 0 Å². The van der Waals surface area contributed by atoms with E-state index >= 15 is 0 Å². The fourth-order valence-corrected chi connectivity index (χ4v) is 1.86. The molecule has 2 rings (SSSR count). The van der Waals surface area contributed by atoms with Gasteiger partial charge < -0.3 is 19.9 Å². The smallest absolute Gasteiger partial charge is 0.118 e. The lowest BCUT2D eigenvalue weighted by atomic mass is 10.1. The van der Waals surface area contributed by atoms with Crippen LogP contribution in [-0.2, 0) is 4.74 Å². The molecule has 0 aliphatic heterocycles. The molecule has 106 valence electrons. The Labute approximate surface area is 114 Å². The Morgan fingerprint density at radius 3 is 2.68 bits per heavy atom. The maximum atomic E-state index is 9.99. The summed E-state index contributed by atoms with van der Waals surface area (Å²) in [5.74, 6) is 1.61. The first-order chi connectivity index (χ1) is 9.29. The molecule has 1 atom stereocenters. The monoisotopic (exact) mass is 265 g/mol. The number of nitrogens with one attached hydrogen (secondary N) is 1. The number of rotatable bonds is 9. The molecule has 1 aliphatic carbocycles. The van der Waals surface area contributed by atoms with E-state index in [0.29, 0.717) is 13.2 Å². The normalized spacial score (nSPS) is 16.3. The van der Waals surface area contributed by atoms with E-state index in [-0.39, 0.29) is 0 Å². The first kappa shape index (κ1) is 14.3. The van der Waals surface area contributed by atoms with Crippen molar-refractivity contribution < 1.29 is 14.6 Å². The fourth-order valence-electron chi connectivity index (χ4n) is 1.86. The van der Waals surface area contributed by atoms with Gasteiger partial charge in [-0.2, -0.15) is 0 Å². The van der Waals surface area contributed by atoms with Crippen LogP contribution in [0.15, 0.2) is 24.3 Å². The predicted molar refractivity (Wildman–Crippen MR) is 74.4 cm³/mol. The van der Waals surface area contributed by atoms with Gasteiger partial charge in [-0.15, -0.1) is 0 Å². The van der Waals surface area contributed by atoms with Gasteiger partial charge in [0.15, 0.2) is 0 Å². The van der Waals surface area contributed by atoms with Gasteiger partial charge in [-0.05, 0) is 36.5 Å². The van der Waals surface area contributed by atoms with E-state index in [1.165, 1.54) is 12.8 Å². The van der Waals surface area contributed by atoms with Crippen molar-refractivity contribution in [3.63, 3.8) is 0 Å². The van der Waals surface area contributed by atoms with Crippen LogP contribution in [0.1, 0.15) is 24.5 Å². The summed E-state index contributed by atoms with van der Waals surface area (Å²) in [7, 11) is 1.63. The van der Waals surface area contributed by atoms with Crippen LogP contribution >= 0.6 is 0 Å². The van der Waals surface area contributed by atoms with Crippen LogP contribution in [0.4, 0.5) is 0 Å².